The van der Waals surface area contributed by atoms with Gasteiger partial charge >= 0.3 is 0 Å². The highest BCUT2D eigenvalue weighted by atomic mass is 16.5. The Morgan fingerprint density at radius 2 is 1.86 bits per heavy atom. The summed E-state index contributed by atoms with van der Waals surface area (Å²) < 4.78 is 11.3. The van der Waals surface area contributed by atoms with E-state index < -0.39 is 0 Å². The fourth-order valence-corrected chi connectivity index (χ4v) is 2.59. The largest absolute Gasteiger partial charge is 0.491 e. The third kappa shape index (κ3) is 3.31. The van der Waals surface area contributed by atoms with Crippen LogP contribution in [-0.4, -0.2) is 6.10 Å². The highest BCUT2D eigenvalue weighted by Gasteiger charge is 2.10. The molecule has 1 heterocycles. The summed E-state index contributed by atoms with van der Waals surface area (Å²) in [6, 6.07) is 16.5. The van der Waals surface area contributed by atoms with Gasteiger partial charge in [-0.15, -0.1) is 0 Å². The normalized spacial score (nSPS) is 11.2. The lowest BCUT2D eigenvalue weighted by Crippen LogP contribution is -2.15. The zero-order chi connectivity index (χ0) is 15.4. The van der Waals surface area contributed by atoms with E-state index in [9.17, 15) is 0 Å². The molecular formula is C19H21NO2. The summed E-state index contributed by atoms with van der Waals surface area (Å²) in [5, 5.41) is 5.90. The van der Waals surface area contributed by atoms with Crippen molar-refractivity contribution >= 4 is 10.8 Å². The molecule has 0 saturated heterocycles. The first kappa shape index (κ1) is 14.7. The Morgan fingerprint density at radius 1 is 1.00 bits per heavy atom. The SMILES string of the molecule is CC(C)Oc1ccc2ccccc2c1CNCc1ccco1. The van der Waals surface area contributed by atoms with Gasteiger partial charge in [0.05, 0.1) is 18.9 Å². The summed E-state index contributed by atoms with van der Waals surface area (Å²) in [6.07, 6.45) is 1.85. The molecular weight excluding hydrogens is 274 g/mol. The summed E-state index contributed by atoms with van der Waals surface area (Å²) in [5.74, 6) is 1.88. The molecule has 3 rings (SSSR count). The second-order valence-corrected chi connectivity index (χ2v) is 5.61. The summed E-state index contributed by atoms with van der Waals surface area (Å²) in [5.41, 5.74) is 1.19. The Labute approximate surface area is 130 Å². The Kier molecular flexibility index (Phi) is 4.45. The highest BCUT2D eigenvalue weighted by molar-refractivity contribution is 5.87. The van der Waals surface area contributed by atoms with Gasteiger partial charge in [-0.2, -0.15) is 0 Å². The number of benzene rings is 2. The van der Waals surface area contributed by atoms with Gasteiger partial charge in [0.2, 0.25) is 0 Å². The summed E-state index contributed by atoms with van der Waals surface area (Å²) >= 11 is 0. The van der Waals surface area contributed by atoms with E-state index in [0.717, 1.165) is 18.1 Å². The van der Waals surface area contributed by atoms with Crippen LogP contribution in [0.3, 0.4) is 0 Å². The van der Waals surface area contributed by atoms with Crippen molar-refractivity contribution in [1.82, 2.24) is 5.32 Å². The fraction of sp³-hybridized carbons (Fsp3) is 0.263. The zero-order valence-electron chi connectivity index (χ0n) is 13.0. The van der Waals surface area contributed by atoms with E-state index in [1.54, 1.807) is 6.26 Å². The Morgan fingerprint density at radius 3 is 2.64 bits per heavy atom. The minimum Gasteiger partial charge on any atom is -0.491 e. The van der Waals surface area contributed by atoms with Crippen molar-refractivity contribution in [2.45, 2.75) is 33.0 Å². The van der Waals surface area contributed by atoms with Crippen LogP contribution in [-0.2, 0) is 13.1 Å². The molecule has 2 aromatic carbocycles. The number of rotatable bonds is 6. The Hall–Kier alpha value is -2.26. The molecule has 0 saturated carbocycles. The average molecular weight is 295 g/mol. The third-order valence-corrected chi connectivity index (χ3v) is 3.54. The number of nitrogens with one attached hydrogen (secondary N) is 1. The molecule has 114 valence electrons. The molecule has 3 nitrogen and oxygen atoms in total. The predicted octanol–water partition coefficient (Wildman–Crippen LogP) is 4.51. The van der Waals surface area contributed by atoms with E-state index in [4.69, 9.17) is 9.15 Å². The quantitative estimate of drug-likeness (QED) is 0.726. The second kappa shape index (κ2) is 6.67. The van der Waals surface area contributed by atoms with E-state index in [1.165, 1.54) is 16.3 Å². The summed E-state index contributed by atoms with van der Waals surface area (Å²) in [6.45, 7) is 5.55. The van der Waals surface area contributed by atoms with Gasteiger partial charge in [-0.25, -0.2) is 0 Å². The molecule has 0 aliphatic carbocycles. The van der Waals surface area contributed by atoms with Gasteiger partial charge in [-0.3, -0.25) is 0 Å². The first-order valence-electron chi connectivity index (χ1n) is 7.64. The molecule has 0 unspecified atom stereocenters. The summed E-state index contributed by atoms with van der Waals surface area (Å²) in [7, 11) is 0. The van der Waals surface area contributed by atoms with Gasteiger partial charge in [0.25, 0.3) is 0 Å². The van der Waals surface area contributed by atoms with Crippen LogP contribution >= 0.6 is 0 Å². The molecule has 0 spiro atoms. The van der Waals surface area contributed by atoms with Crippen molar-refractivity contribution in [3.05, 3.63) is 66.1 Å². The number of ether oxygens (including phenoxy) is 1. The Bertz CT molecular complexity index is 732. The van der Waals surface area contributed by atoms with E-state index in [2.05, 4.69) is 55.6 Å². The maximum absolute atomic E-state index is 5.98. The standard InChI is InChI=1S/C19H21NO2/c1-14(2)22-19-10-9-15-6-3-4-8-17(15)18(19)13-20-12-16-7-5-11-21-16/h3-11,14,20H,12-13H2,1-2H3. The van der Waals surface area contributed by atoms with Gasteiger partial charge in [-0.1, -0.05) is 30.3 Å². The third-order valence-electron chi connectivity index (χ3n) is 3.54. The molecule has 3 aromatic rings. The molecule has 0 aliphatic heterocycles. The van der Waals surface area contributed by atoms with E-state index in [0.29, 0.717) is 6.54 Å². The molecule has 3 heteroatoms. The van der Waals surface area contributed by atoms with Crippen molar-refractivity contribution in [2.75, 3.05) is 0 Å². The maximum Gasteiger partial charge on any atom is 0.124 e. The van der Waals surface area contributed by atoms with Crippen molar-refractivity contribution < 1.29 is 9.15 Å². The van der Waals surface area contributed by atoms with Crippen LogP contribution in [0.2, 0.25) is 0 Å². The van der Waals surface area contributed by atoms with Crippen LogP contribution in [0.5, 0.6) is 5.75 Å². The van der Waals surface area contributed by atoms with Crippen LogP contribution in [0.15, 0.2) is 59.2 Å². The van der Waals surface area contributed by atoms with Crippen LogP contribution in [0.1, 0.15) is 25.2 Å². The van der Waals surface area contributed by atoms with Crippen molar-refractivity contribution in [3.63, 3.8) is 0 Å². The number of furan rings is 1. The van der Waals surface area contributed by atoms with Gasteiger partial charge in [-0.05, 0) is 42.8 Å². The molecule has 0 aliphatic rings. The minimum atomic E-state index is 0.157. The molecule has 0 bridgehead atoms. The van der Waals surface area contributed by atoms with Crippen LogP contribution in [0.25, 0.3) is 10.8 Å². The zero-order valence-corrected chi connectivity index (χ0v) is 13.0. The van der Waals surface area contributed by atoms with Crippen LogP contribution in [0, 0.1) is 0 Å². The number of hydrogen-bond donors (Lipinski definition) is 1. The van der Waals surface area contributed by atoms with Crippen molar-refractivity contribution in [3.8, 4) is 5.75 Å². The van der Waals surface area contributed by atoms with Gasteiger partial charge < -0.3 is 14.5 Å². The molecule has 1 aromatic heterocycles. The molecule has 0 amide bonds. The Balaban J connectivity index is 1.86. The lowest BCUT2D eigenvalue weighted by Gasteiger charge is -2.17. The van der Waals surface area contributed by atoms with Gasteiger partial charge in [0.1, 0.15) is 11.5 Å². The smallest absolute Gasteiger partial charge is 0.124 e. The van der Waals surface area contributed by atoms with Gasteiger partial charge in [0, 0.05) is 12.1 Å². The lowest BCUT2D eigenvalue weighted by molar-refractivity contribution is 0.240. The molecule has 0 atom stereocenters. The summed E-state index contributed by atoms with van der Waals surface area (Å²) in [4.78, 5) is 0. The second-order valence-electron chi connectivity index (χ2n) is 5.61. The minimum absolute atomic E-state index is 0.157. The maximum atomic E-state index is 5.98. The topological polar surface area (TPSA) is 34.4 Å². The number of hydrogen-bond acceptors (Lipinski definition) is 3. The highest BCUT2D eigenvalue weighted by Crippen LogP contribution is 2.28. The lowest BCUT2D eigenvalue weighted by atomic mass is 10.0. The number of fused-ring (bicyclic) bond motifs is 1. The molecule has 0 fully saturated rings. The van der Waals surface area contributed by atoms with Crippen LogP contribution < -0.4 is 10.1 Å². The molecule has 1 N–H and O–H groups in total. The van der Waals surface area contributed by atoms with Crippen molar-refractivity contribution in [1.29, 1.82) is 0 Å². The van der Waals surface area contributed by atoms with E-state index in [1.807, 2.05) is 12.1 Å². The average Bonchev–Trinajstić information content (AvgIpc) is 3.02. The first-order valence-corrected chi connectivity index (χ1v) is 7.64. The molecule has 0 radical (unpaired) electrons. The van der Waals surface area contributed by atoms with Crippen LogP contribution in [0.4, 0.5) is 0 Å². The molecule has 22 heavy (non-hydrogen) atoms. The van der Waals surface area contributed by atoms with Crippen molar-refractivity contribution in [2.24, 2.45) is 0 Å². The van der Waals surface area contributed by atoms with Gasteiger partial charge in [0.15, 0.2) is 0 Å². The monoisotopic (exact) mass is 295 g/mol. The van der Waals surface area contributed by atoms with E-state index in [-0.39, 0.29) is 6.10 Å². The fourth-order valence-electron chi connectivity index (χ4n) is 2.59. The predicted molar refractivity (Wildman–Crippen MR) is 89.0 cm³/mol. The van der Waals surface area contributed by atoms with E-state index >= 15 is 0 Å². The first-order chi connectivity index (χ1) is 10.7.